The van der Waals surface area contributed by atoms with E-state index in [2.05, 4.69) is 10.2 Å². The Morgan fingerprint density at radius 1 is 1.41 bits per heavy atom. The third-order valence-corrected chi connectivity index (χ3v) is 2.64. The van der Waals surface area contributed by atoms with Gasteiger partial charge in [0.2, 0.25) is 0 Å². The maximum absolute atomic E-state index is 13.8. The van der Waals surface area contributed by atoms with Gasteiger partial charge in [-0.05, 0) is 18.6 Å². The molecule has 0 spiro atoms. The van der Waals surface area contributed by atoms with Gasteiger partial charge in [-0.3, -0.25) is 5.10 Å². The van der Waals surface area contributed by atoms with Crippen LogP contribution >= 0.6 is 0 Å². The van der Waals surface area contributed by atoms with E-state index in [0.717, 1.165) is 0 Å². The second-order valence-corrected chi connectivity index (χ2v) is 3.70. The third kappa shape index (κ3) is 2.08. The Kier molecular flexibility index (Phi) is 2.99. The molecule has 1 aromatic carbocycles. The van der Waals surface area contributed by atoms with Gasteiger partial charge in [-0.2, -0.15) is 5.10 Å². The van der Waals surface area contributed by atoms with E-state index in [-0.39, 0.29) is 5.82 Å². The fourth-order valence-electron chi connectivity index (χ4n) is 1.78. The van der Waals surface area contributed by atoms with Crippen molar-refractivity contribution in [3.8, 4) is 17.0 Å². The molecule has 4 nitrogen and oxygen atoms in total. The SMILES string of the molecule is CCc1c(F)cc(-c2cc(N)n[nH]2)cc1OC. The molecular formula is C12H14FN3O. The molecule has 17 heavy (non-hydrogen) atoms. The Morgan fingerprint density at radius 2 is 2.18 bits per heavy atom. The fourth-order valence-corrected chi connectivity index (χ4v) is 1.78. The van der Waals surface area contributed by atoms with Crippen molar-refractivity contribution in [1.82, 2.24) is 10.2 Å². The number of hydrogen-bond donors (Lipinski definition) is 2. The molecule has 0 unspecified atom stereocenters. The molecule has 0 saturated carbocycles. The van der Waals surface area contributed by atoms with E-state index in [1.165, 1.54) is 13.2 Å². The zero-order valence-electron chi connectivity index (χ0n) is 9.75. The van der Waals surface area contributed by atoms with Crippen molar-refractivity contribution in [2.75, 3.05) is 12.8 Å². The summed E-state index contributed by atoms with van der Waals surface area (Å²) in [6.07, 6.45) is 0.584. The summed E-state index contributed by atoms with van der Waals surface area (Å²) in [7, 11) is 1.53. The van der Waals surface area contributed by atoms with Crippen molar-refractivity contribution in [1.29, 1.82) is 0 Å². The summed E-state index contributed by atoms with van der Waals surface area (Å²) in [5.41, 5.74) is 7.42. The van der Waals surface area contributed by atoms with E-state index in [4.69, 9.17) is 10.5 Å². The number of nitrogens with zero attached hydrogens (tertiary/aromatic N) is 1. The van der Waals surface area contributed by atoms with Crippen LogP contribution in [0.2, 0.25) is 0 Å². The van der Waals surface area contributed by atoms with E-state index >= 15 is 0 Å². The number of ether oxygens (including phenoxy) is 1. The molecular weight excluding hydrogens is 221 g/mol. The lowest BCUT2D eigenvalue weighted by molar-refractivity contribution is 0.405. The third-order valence-electron chi connectivity index (χ3n) is 2.64. The number of methoxy groups -OCH3 is 1. The van der Waals surface area contributed by atoms with Gasteiger partial charge in [0.05, 0.1) is 12.8 Å². The summed E-state index contributed by atoms with van der Waals surface area (Å²) >= 11 is 0. The normalized spacial score (nSPS) is 10.5. The number of benzene rings is 1. The number of aromatic nitrogens is 2. The summed E-state index contributed by atoms with van der Waals surface area (Å²) in [6, 6.07) is 4.88. The topological polar surface area (TPSA) is 63.9 Å². The van der Waals surface area contributed by atoms with Crippen LogP contribution in [-0.2, 0) is 6.42 Å². The van der Waals surface area contributed by atoms with Gasteiger partial charge < -0.3 is 10.5 Å². The average molecular weight is 235 g/mol. The van der Waals surface area contributed by atoms with Gasteiger partial charge in [0, 0.05) is 17.2 Å². The maximum Gasteiger partial charge on any atom is 0.145 e. The average Bonchev–Trinajstić information content (AvgIpc) is 2.74. The van der Waals surface area contributed by atoms with Crippen LogP contribution in [0.25, 0.3) is 11.3 Å². The number of rotatable bonds is 3. The first-order valence-electron chi connectivity index (χ1n) is 5.33. The van der Waals surface area contributed by atoms with Gasteiger partial charge in [-0.15, -0.1) is 0 Å². The first-order valence-corrected chi connectivity index (χ1v) is 5.33. The Labute approximate surface area is 98.6 Å². The molecule has 0 saturated heterocycles. The second kappa shape index (κ2) is 4.45. The predicted molar refractivity (Wildman–Crippen MR) is 64.3 cm³/mol. The number of halogens is 1. The van der Waals surface area contributed by atoms with E-state index < -0.39 is 0 Å². The molecule has 0 aliphatic carbocycles. The number of H-pyrrole nitrogens is 1. The summed E-state index contributed by atoms with van der Waals surface area (Å²) in [6.45, 7) is 1.88. The first kappa shape index (κ1) is 11.4. The van der Waals surface area contributed by atoms with Gasteiger partial charge >= 0.3 is 0 Å². The maximum atomic E-state index is 13.8. The molecule has 0 bridgehead atoms. The Hall–Kier alpha value is -2.04. The number of nitrogen functional groups attached to an aromatic ring is 1. The van der Waals surface area contributed by atoms with Crippen molar-refractivity contribution >= 4 is 5.82 Å². The molecule has 1 heterocycles. The Balaban J connectivity index is 2.53. The molecule has 2 aromatic rings. The van der Waals surface area contributed by atoms with Crippen LogP contribution in [0, 0.1) is 5.82 Å². The van der Waals surface area contributed by atoms with E-state index in [9.17, 15) is 4.39 Å². The molecule has 0 fully saturated rings. The van der Waals surface area contributed by atoms with Gasteiger partial charge in [-0.25, -0.2) is 4.39 Å². The summed E-state index contributed by atoms with van der Waals surface area (Å²) < 4.78 is 19.0. The molecule has 0 amide bonds. The molecule has 3 N–H and O–H groups in total. The Bertz CT molecular complexity index is 537. The highest BCUT2D eigenvalue weighted by Crippen LogP contribution is 2.29. The van der Waals surface area contributed by atoms with Gasteiger partial charge in [0.25, 0.3) is 0 Å². The molecule has 0 aliphatic rings. The number of hydrogen-bond acceptors (Lipinski definition) is 3. The van der Waals surface area contributed by atoms with Crippen molar-refractivity contribution in [2.24, 2.45) is 0 Å². The molecule has 0 atom stereocenters. The quantitative estimate of drug-likeness (QED) is 0.858. The van der Waals surface area contributed by atoms with E-state index in [1.54, 1.807) is 12.1 Å². The highest BCUT2D eigenvalue weighted by molar-refractivity contribution is 5.65. The van der Waals surface area contributed by atoms with Crippen LogP contribution < -0.4 is 10.5 Å². The monoisotopic (exact) mass is 235 g/mol. The van der Waals surface area contributed by atoms with Crippen molar-refractivity contribution in [2.45, 2.75) is 13.3 Å². The number of nitrogens with two attached hydrogens (primary N) is 1. The molecule has 0 radical (unpaired) electrons. The summed E-state index contributed by atoms with van der Waals surface area (Å²) in [5.74, 6) is 0.629. The van der Waals surface area contributed by atoms with Crippen LogP contribution in [0.1, 0.15) is 12.5 Å². The fraction of sp³-hybridized carbons (Fsp3) is 0.250. The van der Waals surface area contributed by atoms with Crippen LogP contribution in [0.3, 0.4) is 0 Å². The lowest BCUT2D eigenvalue weighted by Gasteiger charge is -2.09. The minimum Gasteiger partial charge on any atom is -0.496 e. The van der Waals surface area contributed by atoms with Gasteiger partial charge in [-0.1, -0.05) is 6.92 Å². The lowest BCUT2D eigenvalue weighted by Crippen LogP contribution is -1.96. The van der Waals surface area contributed by atoms with Crippen molar-refractivity contribution in [3.63, 3.8) is 0 Å². The van der Waals surface area contributed by atoms with Crippen LogP contribution in [0.15, 0.2) is 18.2 Å². The van der Waals surface area contributed by atoms with Crippen LogP contribution in [0.5, 0.6) is 5.75 Å². The molecule has 2 rings (SSSR count). The summed E-state index contributed by atoms with van der Waals surface area (Å²) in [5, 5.41) is 6.55. The van der Waals surface area contributed by atoms with E-state index in [0.29, 0.717) is 34.8 Å². The van der Waals surface area contributed by atoms with Crippen LogP contribution in [-0.4, -0.2) is 17.3 Å². The molecule has 0 aliphatic heterocycles. The van der Waals surface area contributed by atoms with Gasteiger partial charge in [0.15, 0.2) is 0 Å². The molecule has 90 valence electrons. The predicted octanol–water partition coefficient (Wildman–Crippen LogP) is 2.37. The van der Waals surface area contributed by atoms with Crippen molar-refractivity contribution in [3.05, 3.63) is 29.6 Å². The number of anilines is 1. The highest BCUT2D eigenvalue weighted by Gasteiger charge is 2.12. The Morgan fingerprint density at radius 3 is 2.71 bits per heavy atom. The second-order valence-electron chi connectivity index (χ2n) is 3.70. The smallest absolute Gasteiger partial charge is 0.145 e. The van der Waals surface area contributed by atoms with E-state index in [1.807, 2.05) is 6.92 Å². The zero-order valence-corrected chi connectivity index (χ0v) is 9.75. The minimum atomic E-state index is -0.282. The summed E-state index contributed by atoms with van der Waals surface area (Å²) in [4.78, 5) is 0. The van der Waals surface area contributed by atoms with Crippen molar-refractivity contribution < 1.29 is 9.13 Å². The first-order chi connectivity index (χ1) is 8.15. The zero-order chi connectivity index (χ0) is 12.4. The highest BCUT2D eigenvalue weighted by atomic mass is 19.1. The minimum absolute atomic E-state index is 0.282. The largest absolute Gasteiger partial charge is 0.496 e. The number of aromatic amines is 1. The van der Waals surface area contributed by atoms with Gasteiger partial charge in [0.1, 0.15) is 17.4 Å². The number of nitrogens with one attached hydrogen (secondary N) is 1. The lowest BCUT2D eigenvalue weighted by atomic mass is 10.1. The molecule has 5 heteroatoms. The molecule has 1 aromatic heterocycles. The van der Waals surface area contributed by atoms with Crippen LogP contribution in [0.4, 0.5) is 10.2 Å². The standard InChI is InChI=1S/C12H14FN3O/c1-3-8-9(13)4-7(5-11(8)17-2)10-6-12(14)16-15-10/h4-6H,3H2,1-2H3,(H3,14,15,16).